The maximum Gasteiger partial charge on any atom is 0.137 e. The van der Waals surface area contributed by atoms with Gasteiger partial charge in [0.2, 0.25) is 0 Å². The molecule has 0 aliphatic heterocycles. The number of allylic oxidation sites excluding steroid dienone is 3. The highest BCUT2D eigenvalue weighted by Gasteiger charge is 2.20. The SMILES string of the molecule is C=C/C=C\Cc1cccc(-n2c3ccccc3c3c4c5ccccc5n(-c5ccccc5)c4ccc32)n1. The molecular weight excluding hydrogens is 450 g/mol. The molecule has 0 saturated carbocycles. The molecule has 0 fully saturated rings. The van der Waals surface area contributed by atoms with Crippen LogP contribution in [0.3, 0.4) is 0 Å². The van der Waals surface area contributed by atoms with Gasteiger partial charge >= 0.3 is 0 Å². The van der Waals surface area contributed by atoms with Crippen molar-refractivity contribution >= 4 is 43.6 Å². The summed E-state index contributed by atoms with van der Waals surface area (Å²) in [5.41, 5.74) is 6.94. The predicted molar refractivity (Wildman–Crippen MR) is 156 cm³/mol. The highest BCUT2D eigenvalue weighted by molar-refractivity contribution is 6.28. The molecule has 3 heterocycles. The summed E-state index contributed by atoms with van der Waals surface area (Å²) in [7, 11) is 0. The minimum atomic E-state index is 0.770. The summed E-state index contributed by atoms with van der Waals surface area (Å²) in [6.07, 6.45) is 6.63. The third-order valence-electron chi connectivity index (χ3n) is 7.11. The lowest BCUT2D eigenvalue weighted by Gasteiger charge is -2.09. The zero-order valence-corrected chi connectivity index (χ0v) is 20.4. The molecule has 4 aromatic carbocycles. The van der Waals surface area contributed by atoms with Crippen LogP contribution < -0.4 is 0 Å². The minimum absolute atomic E-state index is 0.770. The van der Waals surface area contributed by atoms with Gasteiger partial charge in [-0.1, -0.05) is 85.5 Å². The number of hydrogen-bond donors (Lipinski definition) is 0. The fourth-order valence-corrected chi connectivity index (χ4v) is 5.61. The van der Waals surface area contributed by atoms with Gasteiger partial charge in [-0.25, -0.2) is 4.98 Å². The molecule has 3 aromatic heterocycles. The smallest absolute Gasteiger partial charge is 0.137 e. The topological polar surface area (TPSA) is 22.8 Å². The van der Waals surface area contributed by atoms with Crippen molar-refractivity contribution in [3.05, 3.63) is 140 Å². The number of rotatable bonds is 5. The highest BCUT2D eigenvalue weighted by Crippen LogP contribution is 2.41. The predicted octanol–water partition coefficient (Wildman–Crippen LogP) is 8.56. The second-order valence-electron chi connectivity index (χ2n) is 9.25. The molecule has 0 N–H and O–H groups in total. The van der Waals surface area contributed by atoms with Crippen LogP contribution in [-0.2, 0) is 6.42 Å². The molecule has 0 aliphatic carbocycles. The van der Waals surface area contributed by atoms with Gasteiger partial charge < -0.3 is 4.57 Å². The van der Waals surface area contributed by atoms with E-state index in [2.05, 4.69) is 131 Å². The van der Waals surface area contributed by atoms with Crippen LogP contribution in [-0.4, -0.2) is 14.1 Å². The molecule has 0 saturated heterocycles. The van der Waals surface area contributed by atoms with E-state index < -0.39 is 0 Å². The van der Waals surface area contributed by atoms with Crippen LogP contribution in [0.1, 0.15) is 5.69 Å². The van der Waals surface area contributed by atoms with Gasteiger partial charge in [-0.15, -0.1) is 0 Å². The van der Waals surface area contributed by atoms with Gasteiger partial charge in [0, 0.05) is 39.3 Å². The summed E-state index contributed by atoms with van der Waals surface area (Å²) >= 11 is 0. The van der Waals surface area contributed by atoms with Crippen LogP contribution in [0.4, 0.5) is 0 Å². The van der Waals surface area contributed by atoms with Crippen LogP contribution >= 0.6 is 0 Å². The first-order valence-corrected chi connectivity index (χ1v) is 12.6. The molecule has 0 amide bonds. The monoisotopic (exact) mass is 475 g/mol. The number of hydrogen-bond acceptors (Lipinski definition) is 1. The van der Waals surface area contributed by atoms with Crippen molar-refractivity contribution in [2.45, 2.75) is 6.42 Å². The van der Waals surface area contributed by atoms with E-state index in [4.69, 9.17) is 4.98 Å². The number of benzene rings is 4. The second kappa shape index (κ2) is 8.65. The molecule has 0 atom stereocenters. The molecule has 0 aliphatic rings. The van der Waals surface area contributed by atoms with Gasteiger partial charge in [-0.05, 0) is 48.5 Å². The first kappa shape index (κ1) is 21.4. The maximum absolute atomic E-state index is 5.05. The third-order valence-corrected chi connectivity index (χ3v) is 7.11. The van der Waals surface area contributed by atoms with E-state index in [1.54, 1.807) is 6.08 Å². The van der Waals surface area contributed by atoms with Crippen molar-refractivity contribution in [3.63, 3.8) is 0 Å². The Kier molecular flexibility index (Phi) is 5.00. The third kappa shape index (κ3) is 3.32. The van der Waals surface area contributed by atoms with Crippen LogP contribution in [0.25, 0.3) is 55.1 Å². The first-order chi connectivity index (χ1) is 18.3. The van der Waals surface area contributed by atoms with E-state index in [0.29, 0.717) is 0 Å². The number of para-hydroxylation sites is 3. The molecule has 0 unspecified atom stereocenters. The average molecular weight is 476 g/mol. The van der Waals surface area contributed by atoms with Gasteiger partial charge in [0.25, 0.3) is 0 Å². The van der Waals surface area contributed by atoms with Crippen LogP contribution in [0, 0.1) is 0 Å². The molecule has 0 bridgehead atoms. The molecular formula is C34H25N3. The van der Waals surface area contributed by atoms with E-state index in [0.717, 1.165) is 29.0 Å². The quantitative estimate of drug-likeness (QED) is 0.229. The van der Waals surface area contributed by atoms with E-state index in [-0.39, 0.29) is 0 Å². The zero-order valence-electron chi connectivity index (χ0n) is 20.4. The number of aromatic nitrogens is 3. The Labute approximate surface area is 215 Å². The number of pyridine rings is 1. The fraction of sp³-hybridized carbons (Fsp3) is 0.0294. The van der Waals surface area contributed by atoms with Crippen LogP contribution in [0.15, 0.2) is 134 Å². The largest absolute Gasteiger partial charge is 0.309 e. The molecule has 7 rings (SSSR count). The Balaban J connectivity index is 1.59. The van der Waals surface area contributed by atoms with E-state index >= 15 is 0 Å². The second-order valence-corrected chi connectivity index (χ2v) is 9.25. The van der Waals surface area contributed by atoms with Crippen molar-refractivity contribution in [1.82, 2.24) is 14.1 Å². The van der Waals surface area contributed by atoms with Gasteiger partial charge in [-0.2, -0.15) is 0 Å². The summed E-state index contributed by atoms with van der Waals surface area (Å²) in [4.78, 5) is 5.05. The fourth-order valence-electron chi connectivity index (χ4n) is 5.61. The van der Waals surface area contributed by atoms with E-state index in [9.17, 15) is 0 Å². The lowest BCUT2D eigenvalue weighted by Crippen LogP contribution is -1.99. The molecule has 3 heteroatoms. The van der Waals surface area contributed by atoms with E-state index in [1.165, 1.54) is 38.3 Å². The standard InChI is InChI=1S/C34H25N3/c1-2-3-5-13-24-14-12-21-32(35-24)37-29-20-11-9-18-27(29)34-31(37)23-22-30-33(34)26-17-8-10-19-28(26)36(30)25-15-6-4-7-16-25/h2-12,14-23H,1,13H2/b5-3-. The zero-order chi connectivity index (χ0) is 24.8. The average Bonchev–Trinajstić information content (AvgIpc) is 3.47. The van der Waals surface area contributed by atoms with Gasteiger partial charge in [0.05, 0.1) is 22.1 Å². The van der Waals surface area contributed by atoms with Crippen molar-refractivity contribution in [1.29, 1.82) is 0 Å². The Morgan fingerprint density at radius 3 is 1.92 bits per heavy atom. The summed E-state index contributed by atoms with van der Waals surface area (Å²) < 4.78 is 4.68. The molecule has 0 spiro atoms. The molecule has 37 heavy (non-hydrogen) atoms. The number of nitrogens with zero attached hydrogens (tertiary/aromatic N) is 3. The lowest BCUT2D eigenvalue weighted by molar-refractivity contribution is 1.02. The van der Waals surface area contributed by atoms with Crippen molar-refractivity contribution < 1.29 is 0 Å². The molecule has 3 nitrogen and oxygen atoms in total. The molecule has 0 radical (unpaired) electrons. The maximum atomic E-state index is 5.05. The minimum Gasteiger partial charge on any atom is -0.309 e. The summed E-state index contributed by atoms with van der Waals surface area (Å²) in [6.45, 7) is 3.77. The van der Waals surface area contributed by atoms with Crippen molar-refractivity contribution in [2.24, 2.45) is 0 Å². The van der Waals surface area contributed by atoms with Gasteiger partial charge in [0.1, 0.15) is 5.82 Å². The first-order valence-electron chi connectivity index (χ1n) is 12.6. The Hall–Kier alpha value is -4.89. The van der Waals surface area contributed by atoms with E-state index in [1.807, 2.05) is 6.08 Å². The normalized spacial score (nSPS) is 11.9. The molecule has 7 aromatic rings. The highest BCUT2D eigenvalue weighted by atomic mass is 15.1. The number of fused-ring (bicyclic) bond motifs is 7. The Morgan fingerprint density at radius 2 is 1.22 bits per heavy atom. The lowest BCUT2D eigenvalue weighted by atomic mass is 10.1. The summed E-state index contributed by atoms with van der Waals surface area (Å²) in [5, 5.41) is 5.03. The summed E-state index contributed by atoms with van der Waals surface area (Å²) in [6, 6.07) is 38.8. The van der Waals surface area contributed by atoms with Gasteiger partial charge in [-0.3, -0.25) is 4.57 Å². The van der Waals surface area contributed by atoms with Crippen LogP contribution in [0.5, 0.6) is 0 Å². The Bertz CT molecular complexity index is 1970. The van der Waals surface area contributed by atoms with Gasteiger partial charge in [0.15, 0.2) is 0 Å². The van der Waals surface area contributed by atoms with Crippen molar-refractivity contribution in [2.75, 3.05) is 0 Å². The Morgan fingerprint density at radius 1 is 0.595 bits per heavy atom. The summed E-state index contributed by atoms with van der Waals surface area (Å²) in [5.74, 6) is 0.932. The molecule has 176 valence electrons. The van der Waals surface area contributed by atoms with Crippen molar-refractivity contribution in [3.8, 4) is 11.5 Å². The van der Waals surface area contributed by atoms with Crippen LogP contribution in [0.2, 0.25) is 0 Å².